The molecule has 6 aromatic carbocycles. The third-order valence-corrected chi connectivity index (χ3v) is 13.8. The van der Waals surface area contributed by atoms with Crippen LogP contribution in [0.15, 0.2) is 121 Å². The number of rotatable bonds is 14. The van der Waals surface area contributed by atoms with Crippen molar-refractivity contribution in [2.75, 3.05) is 27.4 Å². The Labute approximate surface area is 390 Å². The van der Waals surface area contributed by atoms with E-state index >= 15 is 0 Å². The largest absolute Gasteiger partial charge is 0.508 e. The lowest BCUT2D eigenvalue weighted by molar-refractivity contribution is -0.162. The summed E-state index contributed by atoms with van der Waals surface area (Å²) in [6.45, 7) is 1.16. The van der Waals surface area contributed by atoms with Crippen molar-refractivity contribution in [3.05, 3.63) is 155 Å². The molecule has 1 fully saturated rings. The zero-order valence-electron chi connectivity index (χ0n) is 38.1. The van der Waals surface area contributed by atoms with E-state index in [2.05, 4.69) is 12.1 Å². The zero-order chi connectivity index (χ0) is 47.2. The number of ether oxygens (including phenoxy) is 4. The average Bonchev–Trinajstić information content (AvgIpc) is 3.31. The van der Waals surface area contributed by atoms with Crippen LogP contribution in [0, 0.1) is 11.3 Å². The van der Waals surface area contributed by atoms with Gasteiger partial charge in [0, 0.05) is 37.2 Å². The predicted octanol–water partition coefficient (Wildman–Crippen LogP) is 9.57. The van der Waals surface area contributed by atoms with E-state index in [9.17, 15) is 35.1 Å². The summed E-state index contributed by atoms with van der Waals surface area (Å²) in [5.41, 5.74) is 5.91. The summed E-state index contributed by atoms with van der Waals surface area (Å²) in [6, 6.07) is 35.6. The maximum Gasteiger partial charge on any atom is 0.310 e. The van der Waals surface area contributed by atoms with Crippen LogP contribution < -0.4 is 9.47 Å². The van der Waals surface area contributed by atoms with Gasteiger partial charge in [-0.25, -0.2) is 0 Å². The topological polar surface area (TPSA) is 172 Å². The van der Waals surface area contributed by atoms with Crippen molar-refractivity contribution < 1.29 is 54.1 Å². The van der Waals surface area contributed by atoms with E-state index in [4.69, 9.17) is 18.9 Å². The van der Waals surface area contributed by atoms with E-state index < -0.39 is 41.4 Å². The Morgan fingerprint density at radius 1 is 0.776 bits per heavy atom. The molecule has 2 aliphatic carbocycles. The third-order valence-electron chi connectivity index (χ3n) is 13.8. The van der Waals surface area contributed by atoms with Gasteiger partial charge in [0.2, 0.25) is 0 Å². The second-order valence-corrected chi connectivity index (χ2v) is 17.9. The lowest BCUT2D eigenvalue weighted by Crippen LogP contribution is -2.51. The molecule has 0 aromatic heterocycles. The lowest BCUT2D eigenvalue weighted by atomic mass is 9.52. The van der Waals surface area contributed by atoms with E-state index in [0.29, 0.717) is 37.7 Å². The maximum absolute atomic E-state index is 14.3. The number of phenols is 3. The van der Waals surface area contributed by atoms with E-state index in [1.165, 1.54) is 21.1 Å². The highest BCUT2D eigenvalue weighted by molar-refractivity contribution is 5.98. The fourth-order valence-electron chi connectivity index (χ4n) is 10.7. The second kappa shape index (κ2) is 20.4. The molecule has 0 aliphatic heterocycles. The number of aliphatic hydroxyl groups is 2. The molecule has 11 nitrogen and oxygen atoms in total. The highest BCUT2D eigenvalue weighted by Crippen LogP contribution is 2.60. The number of aryl methyl sites for hydroxylation is 1. The molecule has 0 amide bonds. The van der Waals surface area contributed by atoms with Crippen LogP contribution in [-0.2, 0) is 38.3 Å². The van der Waals surface area contributed by atoms with Crippen LogP contribution >= 0.6 is 0 Å². The standard InChI is InChI=1S/C56H58O11/c1-34(59)66-52-30-44(67-55(63)23-37-14-15-40-24-43(60)29-46(45(40)22-37)39-13-7-11-36(21-39)12-8-20-57)25-42(38-16-17-50(61)53(27-38)64-2)32-56(19-18-35-9-5-4-6-10-35)48(52)26-41-28-54(65-3)51(62)31-47(41)49(56)33-58/h4-7,9-11,13-19,21-22,24,27-29,31,42,44,48-49,52,57-58,60-62H,8,12,20,23,25-26,30,32-33H2,1-3H3/b19-18-/t42-,44+,48+,49+,52-,56-/m1/s1. The number of hydrogen-bond donors (Lipinski definition) is 5. The summed E-state index contributed by atoms with van der Waals surface area (Å²) in [5.74, 6) is -1.77. The Bertz CT molecular complexity index is 2760. The SMILES string of the molecule is COc1cc([C@@H]2C[C@H](OC(=O)Cc3ccc4cc(O)cc(-c5cccc(CCCO)c5)c4c3)C[C@@H](OC(C)=O)[C@@H]3Cc4cc(OC)c(O)cc4[C@H](CO)[C@]3(/C=C\c3ccccc3)C2)ccc1O. The first-order chi connectivity index (χ1) is 32.4. The quantitative estimate of drug-likeness (QED) is 0.0660. The molecule has 0 radical (unpaired) electrons. The first-order valence-electron chi connectivity index (χ1n) is 22.9. The van der Waals surface area contributed by atoms with Gasteiger partial charge < -0.3 is 44.5 Å². The van der Waals surface area contributed by atoms with Gasteiger partial charge in [0.25, 0.3) is 0 Å². The number of methoxy groups -OCH3 is 2. The Morgan fingerprint density at radius 3 is 2.31 bits per heavy atom. The number of phenolic OH excluding ortho intramolecular Hbond substituents is 3. The zero-order valence-corrected chi connectivity index (χ0v) is 38.1. The van der Waals surface area contributed by atoms with Crippen LogP contribution in [0.3, 0.4) is 0 Å². The molecule has 6 atom stereocenters. The molecule has 348 valence electrons. The molecule has 1 saturated carbocycles. The number of carbonyl (C=O) groups excluding carboxylic acids is 2. The Morgan fingerprint density at radius 2 is 1.57 bits per heavy atom. The number of allylic oxidation sites excluding steroid dienone is 1. The highest BCUT2D eigenvalue weighted by Gasteiger charge is 2.54. The minimum Gasteiger partial charge on any atom is -0.508 e. The molecule has 0 heterocycles. The molecular formula is C56H58O11. The molecule has 67 heavy (non-hydrogen) atoms. The first-order valence-corrected chi connectivity index (χ1v) is 22.9. The normalized spacial score (nSPS) is 21.4. The summed E-state index contributed by atoms with van der Waals surface area (Å²) in [7, 11) is 2.97. The molecule has 6 aromatic rings. The van der Waals surface area contributed by atoms with Gasteiger partial charge in [0.1, 0.15) is 18.0 Å². The third kappa shape index (κ3) is 10.1. The van der Waals surface area contributed by atoms with Crippen molar-refractivity contribution in [2.45, 2.75) is 75.9 Å². The molecule has 0 spiro atoms. The molecule has 0 bridgehead atoms. The molecule has 11 heteroatoms. The Hall–Kier alpha value is -6.82. The molecule has 0 unspecified atom stereocenters. The van der Waals surface area contributed by atoms with Crippen molar-refractivity contribution >= 4 is 28.8 Å². The van der Waals surface area contributed by atoms with Crippen LogP contribution in [0.2, 0.25) is 0 Å². The monoisotopic (exact) mass is 906 g/mol. The summed E-state index contributed by atoms with van der Waals surface area (Å²) in [5, 5.41) is 55.3. The molecule has 0 saturated heterocycles. The molecule has 8 rings (SSSR count). The van der Waals surface area contributed by atoms with Crippen LogP contribution in [0.5, 0.6) is 28.7 Å². The summed E-state index contributed by atoms with van der Waals surface area (Å²) < 4.78 is 24.0. The smallest absolute Gasteiger partial charge is 0.310 e. The number of fused-ring (bicyclic) bond motifs is 3. The Kier molecular flexibility index (Phi) is 14.2. The highest BCUT2D eigenvalue weighted by atomic mass is 16.6. The van der Waals surface area contributed by atoms with E-state index in [1.807, 2.05) is 78.9 Å². The van der Waals surface area contributed by atoms with Crippen LogP contribution in [-0.4, -0.2) is 77.1 Å². The van der Waals surface area contributed by atoms with Crippen molar-refractivity contribution in [1.82, 2.24) is 0 Å². The summed E-state index contributed by atoms with van der Waals surface area (Å²) in [4.78, 5) is 27.5. The number of benzene rings is 6. The van der Waals surface area contributed by atoms with E-state index in [-0.39, 0.29) is 60.7 Å². The number of esters is 2. The van der Waals surface area contributed by atoms with Gasteiger partial charge in [0.15, 0.2) is 23.0 Å². The minimum atomic E-state index is -0.904. The van der Waals surface area contributed by atoms with E-state index in [0.717, 1.165) is 49.7 Å². The van der Waals surface area contributed by atoms with Gasteiger partial charge in [-0.1, -0.05) is 84.9 Å². The predicted molar refractivity (Wildman–Crippen MR) is 256 cm³/mol. The number of hydrogen-bond acceptors (Lipinski definition) is 11. The van der Waals surface area contributed by atoms with Crippen molar-refractivity contribution in [2.24, 2.45) is 11.3 Å². The lowest BCUT2D eigenvalue weighted by Gasteiger charge is -2.54. The van der Waals surface area contributed by atoms with Gasteiger partial charge in [-0.2, -0.15) is 0 Å². The van der Waals surface area contributed by atoms with Crippen LogP contribution in [0.1, 0.15) is 77.8 Å². The maximum atomic E-state index is 14.3. The number of aromatic hydroxyl groups is 3. The molecular weight excluding hydrogens is 849 g/mol. The van der Waals surface area contributed by atoms with Crippen LogP contribution in [0.25, 0.3) is 28.0 Å². The minimum absolute atomic E-state index is 0.0287. The summed E-state index contributed by atoms with van der Waals surface area (Å²) >= 11 is 0. The van der Waals surface area contributed by atoms with Gasteiger partial charge in [-0.3, -0.25) is 9.59 Å². The Balaban J connectivity index is 1.20. The molecule has 2 aliphatic rings. The van der Waals surface area contributed by atoms with Gasteiger partial charge in [-0.15, -0.1) is 0 Å². The number of aliphatic hydroxyl groups excluding tert-OH is 2. The fraction of sp³-hybridized carbons (Fsp3) is 0.321. The van der Waals surface area contributed by atoms with Crippen molar-refractivity contribution in [3.63, 3.8) is 0 Å². The van der Waals surface area contributed by atoms with Crippen LogP contribution in [0.4, 0.5) is 0 Å². The molecule has 5 N–H and O–H groups in total. The number of carbonyl (C=O) groups is 2. The van der Waals surface area contributed by atoms with Crippen molar-refractivity contribution in [1.29, 1.82) is 0 Å². The van der Waals surface area contributed by atoms with Gasteiger partial charge in [0.05, 0.1) is 27.2 Å². The summed E-state index contributed by atoms with van der Waals surface area (Å²) in [6.07, 6.45) is 5.15. The van der Waals surface area contributed by atoms with Gasteiger partial charge >= 0.3 is 11.9 Å². The van der Waals surface area contributed by atoms with Crippen molar-refractivity contribution in [3.8, 4) is 39.9 Å². The first kappa shape index (κ1) is 46.7. The van der Waals surface area contributed by atoms with E-state index in [1.54, 1.807) is 36.4 Å². The fourth-order valence-corrected chi connectivity index (χ4v) is 10.7. The second-order valence-electron chi connectivity index (χ2n) is 17.9. The van der Waals surface area contributed by atoms with Gasteiger partial charge in [-0.05, 0) is 136 Å². The average molecular weight is 907 g/mol.